The van der Waals surface area contributed by atoms with Gasteiger partial charge in [-0.1, -0.05) is 19.9 Å². The predicted molar refractivity (Wildman–Crippen MR) is 91.9 cm³/mol. The Kier molecular flexibility index (Phi) is 6.33. The number of carbonyl (C=O) groups is 1. The second-order valence-electron chi connectivity index (χ2n) is 6.11. The highest BCUT2D eigenvalue weighted by molar-refractivity contribution is 7.89. The van der Waals surface area contributed by atoms with Gasteiger partial charge in [0.25, 0.3) is 5.91 Å². The monoisotopic (exact) mass is 341 g/mol. The van der Waals surface area contributed by atoms with E-state index >= 15 is 0 Å². The molecule has 0 spiro atoms. The summed E-state index contributed by atoms with van der Waals surface area (Å²) in [6.45, 7) is 10.0. The smallest absolute Gasteiger partial charge is 0.252 e. The number of nitrogens with zero attached hydrogens (tertiary/aromatic N) is 1. The average molecular weight is 341 g/mol. The molecule has 1 rings (SSSR count). The van der Waals surface area contributed by atoms with Crippen molar-refractivity contribution in [1.29, 1.82) is 0 Å². The zero-order valence-corrected chi connectivity index (χ0v) is 15.3. The van der Waals surface area contributed by atoms with E-state index in [-0.39, 0.29) is 17.3 Å². The van der Waals surface area contributed by atoms with Crippen LogP contribution in [0, 0.1) is 6.92 Å². The molecule has 0 saturated carbocycles. The van der Waals surface area contributed by atoms with Crippen molar-refractivity contribution in [2.75, 3.05) is 19.6 Å². The van der Waals surface area contributed by atoms with Gasteiger partial charge in [-0.05, 0) is 38.5 Å². The molecule has 0 saturated heterocycles. The van der Waals surface area contributed by atoms with Crippen molar-refractivity contribution in [3.63, 3.8) is 0 Å². The molecule has 0 radical (unpaired) electrons. The van der Waals surface area contributed by atoms with Gasteiger partial charge in [0, 0.05) is 30.7 Å². The first-order valence-electron chi connectivity index (χ1n) is 7.72. The zero-order chi connectivity index (χ0) is 17.8. The lowest BCUT2D eigenvalue weighted by Crippen LogP contribution is -2.49. The van der Waals surface area contributed by atoms with Crippen LogP contribution in [0.5, 0.6) is 0 Å². The maximum Gasteiger partial charge on any atom is 0.252 e. The summed E-state index contributed by atoms with van der Waals surface area (Å²) in [5.74, 6) is -0.324. The van der Waals surface area contributed by atoms with Crippen LogP contribution in [0.3, 0.4) is 0 Å². The molecule has 3 N–H and O–H groups in total. The third kappa shape index (κ3) is 4.53. The molecule has 0 aliphatic heterocycles. The summed E-state index contributed by atoms with van der Waals surface area (Å²) in [7, 11) is -3.59. The van der Waals surface area contributed by atoms with E-state index in [2.05, 4.69) is 5.32 Å². The van der Waals surface area contributed by atoms with Crippen LogP contribution >= 0.6 is 0 Å². The zero-order valence-electron chi connectivity index (χ0n) is 14.5. The van der Waals surface area contributed by atoms with E-state index in [1.54, 1.807) is 26.8 Å². The van der Waals surface area contributed by atoms with Gasteiger partial charge >= 0.3 is 0 Å². The van der Waals surface area contributed by atoms with Gasteiger partial charge in [0.2, 0.25) is 10.0 Å². The Morgan fingerprint density at radius 2 is 1.83 bits per heavy atom. The van der Waals surface area contributed by atoms with E-state index in [9.17, 15) is 13.2 Å². The van der Waals surface area contributed by atoms with Crippen LogP contribution in [0.4, 0.5) is 0 Å². The number of rotatable bonds is 7. The molecule has 0 heterocycles. The Balaban J connectivity index is 3.26. The number of hydrogen-bond acceptors (Lipinski definition) is 4. The molecule has 0 aromatic heterocycles. The SMILES string of the molecule is CCN(CC)S(=O)(=O)c1ccc(C)c(C(=O)NC(C)(C)CN)c1. The number of sulfonamides is 1. The summed E-state index contributed by atoms with van der Waals surface area (Å²) in [6, 6.07) is 4.62. The number of aryl methyl sites for hydroxylation is 1. The van der Waals surface area contributed by atoms with Gasteiger partial charge < -0.3 is 11.1 Å². The highest BCUT2D eigenvalue weighted by Crippen LogP contribution is 2.20. The van der Waals surface area contributed by atoms with Crippen molar-refractivity contribution in [2.24, 2.45) is 5.73 Å². The average Bonchev–Trinajstić information content (AvgIpc) is 2.47. The molecule has 0 atom stereocenters. The normalized spacial score (nSPS) is 12.5. The Morgan fingerprint density at radius 1 is 1.26 bits per heavy atom. The van der Waals surface area contributed by atoms with Crippen LogP contribution in [0.15, 0.2) is 23.1 Å². The van der Waals surface area contributed by atoms with Crippen molar-refractivity contribution in [3.05, 3.63) is 29.3 Å². The van der Waals surface area contributed by atoms with Crippen molar-refractivity contribution in [1.82, 2.24) is 9.62 Å². The predicted octanol–water partition coefficient (Wildman–Crippen LogP) is 1.49. The summed E-state index contributed by atoms with van der Waals surface area (Å²) >= 11 is 0. The summed E-state index contributed by atoms with van der Waals surface area (Å²) in [4.78, 5) is 12.6. The van der Waals surface area contributed by atoms with Crippen molar-refractivity contribution in [2.45, 2.75) is 45.1 Å². The van der Waals surface area contributed by atoms with Gasteiger partial charge in [-0.15, -0.1) is 0 Å². The van der Waals surface area contributed by atoms with Crippen LogP contribution < -0.4 is 11.1 Å². The molecule has 23 heavy (non-hydrogen) atoms. The molecule has 0 aliphatic carbocycles. The summed E-state index contributed by atoms with van der Waals surface area (Å²) in [6.07, 6.45) is 0. The molecule has 0 fully saturated rings. The Hall–Kier alpha value is -1.44. The Morgan fingerprint density at radius 3 is 2.30 bits per heavy atom. The number of amides is 1. The first-order valence-corrected chi connectivity index (χ1v) is 9.16. The van der Waals surface area contributed by atoms with Gasteiger partial charge in [0.15, 0.2) is 0 Å². The Labute approximate surface area is 139 Å². The molecule has 1 amide bonds. The molecule has 130 valence electrons. The van der Waals surface area contributed by atoms with E-state index in [0.29, 0.717) is 24.2 Å². The third-order valence-corrected chi connectivity index (χ3v) is 5.80. The van der Waals surface area contributed by atoms with Crippen LogP contribution in [0.2, 0.25) is 0 Å². The molecular formula is C16H27N3O3S. The number of benzene rings is 1. The lowest BCUT2D eigenvalue weighted by Gasteiger charge is -2.25. The fraction of sp³-hybridized carbons (Fsp3) is 0.562. The number of nitrogens with two attached hydrogens (primary N) is 1. The van der Waals surface area contributed by atoms with Crippen LogP contribution in [-0.2, 0) is 10.0 Å². The standard InChI is InChI=1S/C16H27N3O3S/c1-6-19(7-2)23(21,22)13-9-8-12(3)14(10-13)15(20)18-16(4,5)11-17/h8-10H,6-7,11,17H2,1-5H3,(H,18,20). The quantitative estimate of drug-likeness (QED) is 0.786. The Bertz CT molecular complexity index is 665. The van der Waals surface area contributed by atoms with Gasteiger partial charge in [-0.3, -0.25) is 4.79 Å². The van der Waals surface area contributed by atoms with Gasteiger partial charge in [0.05, 0.1) is 4.90 Å². The van der Waals surface area contributed by atoms with E-state index in [0.717, 1.165) is 0 Å². The summed E-state index contributed by atoms with van der Waals surface area (Å²) < 4.78 is 26.6. The minimum atomic E-state index is -3.59. The summed E-state index contributed by atoms with van der Waals surface area (Å²) in [5.41, 5.74) is 6.13. The molecule has 1 aromatic carbocycles. The molecular weight excluding hydrogens is 314 g/mol. The maximum atomic E-state index is 12.6. The first kappa shape index (κ1) is 19.6. The third-order valence-electron chi connectivity index (χ3n) is 3.76. The minimum Gasteiger partial charge on any atom is -0.346 e. The number of nitrogens with one attached hydrogen (secondary N) is 1. The molecule has 6 nitrogen and oxygen atoms in total. The fourth-order valence-electron chi connectivity index (χ4n) is 2.14. The van der Waals surface area contributed by atoms with Gasteiger partial charge in [-0.2, -0.15) is 4.31 Å². The fourth-order valence-corrected chi connectivity index (χ4v) is 3.63. The molecule has 0 aliphatic rings. The van der Waals surface area contributed by atoms with Crippen molar-refractivity contribution < 1.29 is 13.2 Å². The molecule has 0 unspecified atom stereocenters. The van der Waals surface area contributed by atoms with Gasteiger partial charge in [0.1, 0.15) is 0 Å². The second-order valence-corrected chi connectivity index (χ2v) is 8.05. The summed E-state index contributed by atoms with van der Waals surface area (Å²) in [5, 5.41) is 2.83. The minimum absolute atomic E-state index is 0.127. The van der Waals surface area contributed by atoms with E-state index in [4.69, 9.17) is 5.73 Å². The molecule has 7 heteroatoms. The highest BCUT2D eigenvalue weighted by Gasteiger charge is 2.25. The lowest BCUT2D eigenvalue weighted by atomic mass is 10.0. The lowest BCUT2D eigenvalue weighted by molar-refractivity contribution is 0.0915. The van der Waals surface area contributed by atoms with Crippen LogP contribution in [0.1, 0.15) is 43.6 Å². The number of carbonyl (C=O) groups excluding carboxylic acids is 1. The maximum absolute atomic E-state index is 12.6. The van der Waals surface area contributed by atoms with Gasteiger partial charge in [-0.25, -0.2) is 8.42 Å². The highest BCUT2D eigenvalue weighted by atomic mass is 32.2. The van der Waals surface area contributed by atoms with Crippen LogP contribution in [0.25, 0.3) is 0 Å². The molecule has 1 aromatic rings. The number of hydrogen-bond donors (Lipinski definition) is 2. The topological polar surface area (TPSA) is 92.5 Å². The molecule has 0 bridgehead atoms. The van der Waals surface area contributed by atoms with E-state index in [1.165, 1.54) is 16.4 Å². The van der Waals surface area contributed by atoms with E-state index in [1.807, 2.05) is 13.8 Å². The van der Waals surface area contributed by atoms with Crippen LogP contribution in [-0.4, -0.2) is 43.8 Å². The largest absolute Gasteiger partial charge is 0.346 e. The van der Waals surface area contributed by atoms with Crippen molar-refractivity contribution >= 4 is 15.9 Å². The first-order chi connectivity index (χ1) is 10.6. The second kappa shape index (κ2) is 7.42. The van der Waals surface area contributed by atoms with Crippen molar-refractivity contribution in [3.8, 4) is 0 Å². The van der Waals surface area contributed by atoms with E-state index < -0.39 is 15.6 Å².